The average Bonchev–Trinajstić information content (AvgIpc) is 2.70. The van der Waals surface area contributed by atoms with E-state index in [1.807, 2.05) is 56.3 Å². The third-order valence-corrected chi connectivity index (χ3v) is 4.86. The molecule has 6 heteroatoms. The number of aryl methyl sites for hydroxylation is 1. The van der Waals surface area contributed by atoms with E-state index in [1.165, 1.54) is 6.07 Å². The Labute approximate surface area is 170 Å². The summed E-state index contributed by atoms with van der Waals surface area (Å²) < 4.78 is 25.4. The summed E-state index contributed by atoms with van der Waals surface area (Å²) in [5, 5.41) is 10.5. The van der Waals surface area contributed by atoms with Crippen molar-refractivity contribution in [2.75, 3.05) is 12.0 Å². The van der Waals surface area contributed by atoms with Crippen LogP contribution in [0, 0.1) is 19.8 Å². The van der Waals surface area contributed by atoms with E-state index in [2.05, 4.69) is 4.98 Å². The molecule has 0 saturated heterocycles. The lowest BCUT2D eigenvalue weighted by molar-refractivity contribution is 0.185. The van der Waals surface area contributed by atoms with Crippen molar-refractivity contribution in [1.82, 2.24) is 4.98 Å². The number of ether oxygens (including phenoxy) is 2. The lowest BCUT2D eigenvalue weighted by Crippen LogP contribution is -2.33. The first-order valence-corrected chi connectivity index (χ1v) is 9.38. The monoisotopic (exact) mass is 396 g/mol. The number of aliphatic hydroxyl groups excluding tert-OH is 1. The van der Waals surface area contributed by atoms with Gasteiger partial charge in [0.2, 0.25) is 11.8 Å². The number of anilines is 1. The number of hydrogen-bond donors (Lipinski definition) is 1. The van der Waals surface area contributed by atoms with Crippen molar-refractivity contribution in [3.63, 3.8) is 0 Å². The van der Waals surface area contributed by atoms with Gasteiger partial charge in [0.25, 0.3) is 0 Å². The molecule has 0 bridgehead atoms. The zero-order valence-corrected chi connectivity index (χ0v) is 17.0. The topological polar surface area (TPSA) is 54.8 Å². The quantitative estimate of drug-likeness (QED) is 0.451. The molecule has 0 saturated carbocycles. The Bertz CT molecular complexity index is 992. The minimum absolute atomic E-state index is 0.0921. The Morgan fingerprint density at radius 2 is 1.76 bits per heavy atom. The minimum atomic E-state index is -0.867. The maximum Gasteiger partial charge on any atom is 0.245 e. The smallest absolute Gasteiger partial charge is 0.245 e. The van der Waals surface area contributed by atoms with Gasteiger partial charge in [0.05, 0.1) is 7.11 Å². The van der Waals surface area contributed by atoms with Gasteiger partial charge in [-0.15, -0.1) is 0 Å². The van der Waals surface area contributed by atoms with Gasteiger partial charge in [-0.05, 0) is 56.2 Å². The fourth-order valence-corrected chi connectivity index (χ4v) is 3.08. The van der Waals surface area contributed by atoms with Crippen molar-refractivity contribution in [3.8, 4) is 17.4 Å². The molecule has 5 nitrogen and oxygen atoms in total. The van der Waals surface area contributed by atoms with Crippen molar-refractivity contribution in [2.45, 2.75) is 33.5 Å². The van der Waals surface area contributed by atoms with Gasteiger partial charge in [0, 0.05) is 12.1 Å². The number of benzene rings is 2. The number of aromatic nitrogens is 1. The molecule has 1 N–H and O–H groups in total. The third-order valence-electron chi connectivity index (χ3n) is 4.86. The lowest BCUT2D eigenvalue weighted by atomic mass is 10.1. The number of methoxy groups -OCH3 is 1. The average molecular weight is 396 g/mol. The first kappa shape index (κ1) is 20.6. The van der Waals surface area contributed by atoms with Crippen LogP contribution in [0.4, 0.5) is 10.1 Å². The molecular weight excluding hydrogens is 371 g/mol. The standard InChI is InChI=1S/C23H25FN2O3/c1-15-8-7-11-20(16(15)2)29-23-19(12-13-22(24)25-23)26(17(3)27)14-18-9-5-6-10-21(18)28-4/h5-13,17,27H,14H2,1-4H3. The van der Waals surface area contributed by atoms with E-state index in [0.717, 1.165) is 16.7 Å². The summed E-state index contributed by atoms with van der Waals surface area (Å²) in [7, 11) is 1.60. The van der Waals surface area contributed by atoms with Crippen molar-refractivity contribution in [1.29, 1.82) is 0 Å². The number of hydrogen-bond acceptors (Lipinski definition) is 5. The Morgan fingerprint density at radius 1 is 1.03 bits per heavy atom. The van der Waals surface area contributed by atoms with Crippen LogP contribution in [-0.4, -0.2) is 23.4 Å². The Balaban J connectivity index is 2.02. The number of aliphatic hydroxyl groups is 1. The minimum Gasteiger partial charge on any atom is -0.496 e. The van der Waals surface area contributed by atoms with Gasteiger partial charge >= 0.3 is 0 Å². The third kappa shape index (κ3) is 4.66. The summed E-state index contributed by atoms with van der Waals surface area (Å²) in [5.41, 5.74) is 3.35. The maximum atomic E-state index is 13.9. The normalized spacial score (nSPS) is 11.8. The molecule has 3 aromatic rings. The van der Waals surface area contributed by atoms with Gasteiger partial charge < -0.3 is 19.5 Å². The van der Waals surface area contributed by atoms with Crippen LogP contribution < -0.4 is 14.4 Å². The van der Waals surface area contributed by atoms with Crippen LogP contribution in [-0.2, 0) is 6.54 Å². The zero-order valence-electron chi connectivity index (χ0n) is 17.0. The molecule has 3 rings (SSSR count). The molecule has 1 unspecified atom stereocenters. The van der Waals surface area contributed by atoms with Gasteiger partial charge in [-0.3, -0.25) is 0 Å². The molecule has 0 aliphatic carbocycles. The Hall–Kier alpha value is -3.12. The predicted molar refractivity (Wildman–Crippen MR) is 111 cm³/mol. The van der Waals surface area contributed by atoms with Crippen molar-refractivity contribution in [3.05, 3.63) is 77.2 Å². The molecule has 1 heterocycles. The fourth-order valence-electron chi connectivity index (χ4n) is 3.08. The van der Waals surface area contributed by atoms with E-state index in [4.69, 9.17) is 9.47 Å². The van der Waals surface area contributed by atoms with E-state index in [0.29, 0.717) is 23.7 Å². The molecule has 0 amide bonds. The molecular formula is C23H25FN2O3. The number of halogens is 1. The van der Waals surface area contributed by atoms with Crippen LogP contribution in [0.25, 0.3) is 0 Å². The van der Waals surface area contributed by atoms with E-state index >= 15 is 0 Å². The van der Waals surface area contributed by atoms with Gasteiger partial charge in [0.15, 0.2) is 0 Å². The van der Waals surface area contributed by atoms with Crippen LogP contribution in [0.3, 0.4) is 0 Å². The molecule has 29 heavy (non-hydrogen) atoms. The van der Waals surface area contributed by atoms with Gasteiger partial charge in [-0.25, -0.2) is 0 Å². The summed E-state index contributed by atoms with van der Waals surface area (Å²) in [6.07, 6.45) is -0.867. The highest BCUT2D eigenvalue weighted by Crippen LogP contribution is 2.35. The van der Waals surface area contributed by atoms with E-state index < -0.39 is 12.2 Å². The predicted octanol–water partition coefficient (Wildman–Crippen LogP) is 4.98. The largest absolute Gasteiger partial charge is 0.496 e. The highest BCUT2D eigenvalue weighted by atomic mass is 19.1. The second kappa shape index (κ2) is 8.92. The number of nitrogens with zero attached hydrogens (tertiary/aromatic N) is 2. The van der Waals surface area contributed by atoms with Crippen LogP contribution in [0.1, 0.15) is 23.6 Å². The molecule has 2 aromatic carbocycles. The molecule has 0 fully saturated rings. The fraction of sp³-hybridized carbons (Fsp3) is 0.261. The second-order valence-corrected chi connectivity index (χ2v) is 6.83. The van der Waals surface area contributed by atoms with Crippen molar-refractivity contribution in [2.24, 2.45) is 0 Å². The number of pyridine rings is 1. The summed E-state index contributed by atoms with van der Waals surface area (Å²) >= 11 is 0. The van der Waals surface area contributed by atoms with Gasteiger partial charge in [-0.2, -0.15) is 9.37 Å². The van der Waals surface area contributed by atoms with E-state index in [-0.39, 0.29) is 5.88 Å². The molecule has 0 spiro atoms. The molecule has 0 aliphatic rings. The number of rotatable bonds is 7. The van der Waals surface area contributed by atoms with E-state index in [1.54, 1.807) is 25.0 Å². The lowest BCUT2D eigenvalue weighted by Gasteiger charge is -2.29. The highest BCUT2D eigenvalue weighted by Gasteiger charge is 2.21. The summed E-state index contributed by atoms with van der Waals surface area (Å²) in [6, 6.07) is 16.0. The first-order valence-electron chi connectivity index (χ1n) is 9.38. The summed E-state index contributed by atoms with van der Waals surface area (Å²) in [6.45, 7) is 5.88. The SMILES string of the molecule is COc1ccccc1CN(c1ccc(F)nc1Oc1cccc(C)c1C)C(C)O. The van der Waals surface area contributed by atoms with Crippen LogP contribution >= 0.6 is 0 Å². The summed E-state index contributed by atoms with van der Waals surface area (Å²) in [5.74, 6) is 0.726. The van der Waals surface area contributed by atoms with Crippen LogP contribution in [0.5, 0.6) is 17.4 Å². The van der Waals surface area contributed by atoms with Crippen molar-refractivity contribution < 1.29 is 19.0 Å². The molecule has 1 aromatic heterocycles. The molecule has 152 valence electrons. The second-order valence-electron chi connectivity index (χ2n) is 6.83. The highest BCUT2D eigenvalue weighted by molar-refractivity contribution is 5.58. The molecule has 0 aliphatic heterocycles. The van der Waals surface area contributed by atoms with Crippen LogP contribution in [0.2, 0.25) is 0 Å². The summed E-state index contributed by atoms with van der Waals surface area (Å²) in [4.78, 5) is 5.64. The van der Waals surface area contributed by atoms with E-state index in [9.17, 15) is 9.50 Å². The van der Waals surface area contributed by atoms with Crippen molar-refractivity contribution >= 4 is 5.69 Å². The van der Waals surface area contributed by atoms with Crippen LogP contribution in [0.15, 0.2) is 54.6 Å². The molecule has 0 radical (unpaired) electrons. The maximum absolute atomic E-state index is 13.9. The Morgan fingerprint density at radius 3 is 2.48 bits per heavy atom. The van der Waals surface area contributed by atoms with Gasteiger partial charge in [0.1, 0.15) is 23.4 Å². The number of para-hydroxylation sites is 1. The van der Waals surface area contributed by atoms with Gasteiger partial charge in [-0.1, -0.05) is 30.3 Å². The zero-order chi connectivity index (χ0) is 21.0. The Kier molecular flexibility index (Phi) is 6.34. The first-order chi connectivity index (χ1) is 13.9. The molecule has 1 atom stereocenters.